The van der Waals surface area contributed by atoms with E-state index in [1.807, 2.05) is 0 Å². The van der Waals surface area contributed by atoms with Gasteiger partial charge in [0.25, 0.3) is 0 Å². The molecule has 166 valence electrons. The van der Waals surface area contributed by atoms with Gasteiger partial charge in [0.2, 0.25) is 0 Å². The smallest absolute Gasteiger partial charge is 0.0602 e. The quantitative estimate of drug-likeness (QED) is 0.663. The second-order valence-corrected chi connectivity index (χ2v) is 11.4. The normalized spacial score (nSPS) is 52.9. The fourth-order valence-corrected chi connectivity index (χ4v) is 8.68. The van der Waals surface area contributed by atoms with Crippen LogP contribution in [0.3, 0.4) is 0 Å². The largest absolute Gasteiger partial charge is 0.550 e. The molecule has 4 rings (SSSR count). The predicted octanol–water partition coefficient (Wildman–Crippen LogP) is 2.11. The molecule has 0 spiro atoms. The first-order chi connectivity index (χ1) is 13.6. The second kappa shape index (κ2) is 7.49. The summed E-state index contributed by atoms with van der Waals surface area (Å²) >= 11 is 0. The zero-order valence-electron chi connectivity index (χ0n) is 18.2. The molecule has 4 aliphatic rings. The highest BCUT2D eigenvalue weighted by Crippen LogP contribution is 2.68. The van der Waals surface area contributed by atoms with Crippen molar-refractivity contribution in [2.45, 2.75) is 96.9 Å². The molecule has 11 atom stereocenters. The van der Waals surface area contributed by atoms with E-state index >= 15 is 0 Å². The van der Waals surface area contributed by atoms with Crippen LogP contribution >= 0.6 is 0 Å². The molecule has 0 aromatic heterocycles. The molecule has 4 fully saturated rings. The Morgan fingerprint density at radius 2 is 1.79 bits per heavy atom. The topological polar surface area (TPSA) is 101 Å². The van der Waals surface area contributed by atoms with Crippen LogP contribution in [0.25, 0.3) is 0 Å². The lowest BCUT2D eigenvalue weighted by molar-refractivity contribution is -0.306. The molecule has 1 unspecified atom stereocenters. The summed E-state index contributed by atoms with van der Waals surface area (Å²) < 4.78 is 0. The van der Waals surface area contributed by atoms with E-state index in [0.29, 0.717) is 18.3 Å². The Labute approximate surface area is 174 Å². The summed E-state index contributed by atoms with van der Waals surface area (Å²) in [5, 5.41) is 43.9. The van der Waals surface area contributed by atoms with Gasteiger partial charge in [0.1, 0.15) is 0 Å². The number of fused-ring (bicyclic) bond motifs is 5. The molecule has 5 nitrogen and oxygen atoms in total. The second-order valence-electron chi connectivity index (χ2n) is 11.4. The minimum Gasteiger partial charge on any atom is -0.550 e. The fourth-order valence-electron chi connectivity index (χ4n) is 8.68. The molecule has 0 aliphatic heterocycles. The Morgan fingerprint density at radius 3 is 2.48 bits per heavy atom. The number of carboxylic acid groups (broad SMARTS) is 1. The fraction of sp³-hybridized carbons (Fsp3) is 0.958. The van der Waals surface area contributed by atoms with Gasteiger partial charge in [0.05, 0.1) is 18.3 Å². The first-order valence-corrected chi connectivity index (χ1v) is 11.8. The van der Waals surface area contributed by atoms with Gasteiger partial charge in [-0.25, -0.2) is 0 Å². The van der Waals surface area contributed by atoms with Gasteiger partial charge in [-0.2, -0.15) is 0 Å². The van der Waals surface area contributed by atoms with Gasteiger partial charge in [-0.05, 0) is 104 Å². The summed E-state index contributed by atoms with van der Waals surface area (Å²) in [6.07, 6.45) is 5.72. The minimum atomic E-state index is -0.998. The van der Waals surface area contributed by atoms with E-state index in [-0.39, 0.29) is 53.1 Å². The van der Waals surface area contributed by atoms with E-state index in [1.165, 1.54) is 0 Å². The van der Waals surface area contributed by atoms with Crippen LogP contribution in [-0.2, 0) is 4.79 Å². The summed E-state index contributed by atoms with van der Waals surface area (Å²) in [5.41, 5.74) is -0.172. The zero-order valence-corrected chi connectivity index (χ0v) is 18.2. The third-order valence-corrected chi connectivity index (χ3v) is 10.3. The molecule has 0 aromatic carbocycles. The van der Waals surface area contributed by atoms with Crippen molar-refractivity contribution < 1.29 is 25.2 Å². The average molecular weight is 408 g/mol. The van der Waals surface area contributed by atoms with Crippen LogP contribution in [0, 0.1) is 46.3 Å². The van der Waals surface area contributed by atoms with Crippen LogP contribution in [0.4, 0.5) is 0 Å². The van der Waals surface area contributed by atoms with Crippen LogP contribution < -0.4 is 5.11 Å². The molecule has 0 heterocycles. The number of aliphatic hydroxyl groups excluding tert-OH is 3. The van der Waals surface area contributed by atoms with Gasteiger partial charge in [-0.3, -0.25) is 0 Å². The third kappa shape index (κ3) is 3.27. The van der Waals surface area contributed by atoms with Crippen molar-refractivity contribution in [3.8, 4) is 0 Å². The lowest BCUT2D eigenvalue weighted by Gasteiger charge is -2.63. The predicted molar refractivity (Wildman–Crippen MR) is 107 cm³/mol. The summed E-state index contributed by atoms with van der Waals surface area (Å²) in [7, 11) is 0. The number of hydrogen-bond acceptors (Lipinski definition) is 5. The van der Waals surface area contributed by atoms with Gasteiger partial charge >= 0.3 is 0 Å². The Bertz CT molecular complexity index is 637. The van der Waals surface area contributed by atoms with Gasteiger partial charge in [-0.1, -0.05) is 20.8 Å². The molecule has 0 bridgehead atoms. The zero-order chi connectivity index (χ0) is 21.1. The van der Waals surface area contributed by atoms with Crippen molar-refractivity contribution in [2.75, 3.05) is 0 Å². The lowest BCUT2D eigenvalue weighted by atomic mass is 9.43. The molecular formula is C24H39O5-. The van der Waals surface area contributed by atoms with Crippen LogP contribution in [0.5, 0.6) is 0 Å². The molecule has 0 amide bonds. The van der Waals surface area contributed by atoms with Gasteiger partial charge in [0, 0.05) is 5.97 Å². The van der Waals surface area contributed by atoms with E-state index in [1.54, 1.807) is 0 Å². The number of carboxylic acids is 1. The van der Waals surface area contributed by atoms with Crippen molar-refractivity contribution >= 4 is 5.97 Å². The summed E-state index contributed by atoms with van der Waals surface area (Å²) in [6.45, 7) is 6.67. The Hall–Kier alpha value is -0.650. The monoisotopic (exact) mass is 407 g/mol. The van der Waals surface area contributed by atoms with E-state index in [4.69, 9.17) is 0 Å². The van der Waals surface area contributed by atoms with Crippen molar-refractivity contribution in [1.82, 2.24) is 0 Å². The lowest BCUT2D eigenvalue weighted by Crippen LogP contribution is -2.62. The summed E-state index contributed by atoms with van der Waals surface area (Å²) in [4.78, 5) is 11.0. The first-order valence-electron chi connectivity index (χ1n) is 11.8. The Kier molecular flexibility index (Phi) is 5.57. The Morgan fingerprint density at radius 1 is 1.07 bits per heavy atom. The molecular weight excluding hydrogens is 368 g/mol. The molecule has 5 heteroatoms. The van der Waals surface area contributed by atoms with Gasteiger partial charge in [0.15, 0.2) is 0 Å². The van der Waals surface area contributed by atoms with Crippen LogP contribution in [-0.4, -0.2) is 39.6 Å². The molecule has 0 aromatic rings. The van der Waals surface area contributed by atoms with E-state index in [2.05, 4.69) is 20.8 Å². The SMILES string of the molecule is C[C@H](CCC(=O)[O-])C1CC[C@H]2[C@@H]3[C@H](O)C[C@@H]4C[C@H](O)CC[C@]4(C)[C@H]3C[C@H](O)[C@]12C. The molecule has 29 heavy (non-hydrogen) atoms. The number of aliphatic carboxylic acids is 1. The number of carbonyl (C=O) groups excluding carboxylic acids is 1. The van der Waals surface area contributed by atoms with Crippen LogP contribution in [0.1, 0.15) is 78.6 Å². The van der Waals surface area contributed by atoms with Gasteiger partial charge < -0.3 is 25.2 Å². The molecule has 0 saturated heterocycles. The summed E-state index contributed by atoms with van der Waals surface area (Å²) in [5.74, 6) is 0.635. The van der Waals surface area contributed by atoms with Crippen LogP contribution in [0.2, 0.25) is 0 Å². The summed E-state index contributed by atoms with van der Waals surface area (Å²) in [6, 6.07) is 0. The molecule has 3 N–H and O–H groups in total. The van der Waals surface area contributed by atoms with E-state index in [9.17, 15) is 25.2 Å². The minimum absolute atomic E-state index is 0.0747. The van der Waals surface area contributed by atoms with E-state index in [0.717, 1.165) is 44.9 Å². The highest BCUT2D eigenvalue weighted by Gasteiger charge is 2.65. The number of aliphatic hydroxyl groups is 3. The Balaban J connectivity index is 1.61. The highest BCUT2D eigenvalue weighted by molar-refractivity contribution is 5.64. The first kappa shape index (κ1) is 21.6. The molecule has 4 saturated carbocycles. The maximum Gasteiger partial charge on any atom is 0.0602 e. The average Bonchev–Trinajstić information content (AvgIpc) is 3.01. The van der Waals surface area contributed by atoms with Crippen molar-refractivity contribution in [1.29, 1.82) is 0 Å². The maximum absolute atomic E-state index is 11.5. The van der Waals surface area contributed by atoms with Crippen molar-refractivity contribution in [2.24, 2.45) is 46.3 Å². The number of hydrogen-bond donors (Lipinski definition) is 3. The highest BCUT2D eigenvalue weighted by atomic mass is 16.4. The van der Waals surface area contributed by atoms with Gasteiger partial charge in [-0.15, -0.1) is 0 Å². The molecule has 0 radical (unpaired) electrons. The number of rotatable bonds is 4. The molecule has 4 aliphatic carbocycles. The van der Waals surface area contributed by atoms with Crippen molar-refractivity contribution in [3.05, 3.63) is 0 Å². The number of carbonyl (C=O) groups is 1. The maximum atomic E-state index is 11.5. The van der Waals surface area contributed by atoms with E-state index < -0.39 is 12.1 Å². The van der Waals surface area contributed by atoms with Crippen molar-refractivity contribution in [3.63, 3.8) is 0 Å². The standard InChI is InChI=1S/C24H40O5/c1-13(4-7-21(28)29)16-5-6-17-22-18(12-20(27)24(16,17)3)23(2)9-8-15(25)10-14(23)11-19(22)26/h13-20,22,25-27H,4-12H2,1-3H3,(H,28,29)/p-1/t13-,14+,15-,16?,17+,18+,19-,20+,22+,23+,24-/m1/s1. The van der Waals surface area contributed by atoms with Crippen LogP contribution in [0.15, 0.2) is 0 Å². The third-order valence-electron chi connectivity index (χ3n) is 10.3.